The molecule has 0 aliphatic heterocycles. The first kappa shape index (κ1) is 12.5. The van der Waals surface area contributed by atoms with E-state index >= 15 is 0 Å². The third-order valence-corrected chi connectivity index (χ3v) is 6.85. The molecule has 1 atom stereocenters. The van der Waals surface area contributed by atoms with E-state index in [4.69, 9.17) is 9.89 Å². The molecule has 0 aromatic heterocycles. The molecule has 4 bridgehead atoms. The zero-order valence-electron chi connectivity index (χ0n) is 10.6. The van der Waals surface area contributed by atoms with Gasteiger partial charge in [0.1, 0.15) is 5.75 Å². The Morgan fingerprint density at radius 2 is 1.61 bits per heavy atom. The lowest BCUT2D eigenvalue weighted by molar-refractivity contribution is -0.134. The molecule has 5 heteroatoms. The van der Waals surface area contributed by atoms with Gasteiger partial charge in [-0.3, -0.25) is 9.57 Å². The summed E-state index contributed by atoms with van der Waals surface area (Å²) in [6, 6.07) is 0. The molecule has 4 aliphatic carbocycles. The molecular formula is C13H21NO3S. The van der Waals surface area contributed by atoms with Gasteiger partial charge in [0.15, 0.2) is 0 Å². The van der Waals surface area contributed by atoms with E-state index in [1.54, 1.807) is 0 Å². The molecule has 0 aromatic carbocycles. The predicted molar refractivity (Wildman–Crippen MR) is 68.8 cm³/mol. The van der Waals surface area contributed by atoms with E-state index in [9.17, 15) is 9.00 Å². The Balaban J connectivity index is 1.78. The lowest BCUT2D eigenvalue weighted by atomic mass is 9.50. The fourth-order valence-electron chi connectivity index (χ4n) is 5.21. The molecule has 2 N–H and O–H groups in total. The molecule has 0 amide bonds. The van der Waals surface area contributed by atoms with E-state index in [2.05, 4.69) is 0 Å². The second kappa shape index (κ2) is 3.95. The standard InChI is InChI=1S/C13H21NO3S/c14-18(17,7-12(15)16)8-13-4-9-1-10(5-13)3-11(2-9)6-13/h9-11,14H,1-8H2,(H,15,16). The minimum atomic E-state index is -2.94. The summed E-state index contributed by atoms with van der Waals surface area (Å²) in [7, 11) is -2.94. The summed E-state index contributed by atoms with van der Waals surface area (Å²) < 4.78 is 20.0. The first-order valence-corrected chi connectivity index (χ1v) is 8.71. The van der Waals surface area contributed by atoms with Crippen LogP contribution in [-0.4, -0.2) is 26.8 Å². The average molecular weight is 271 g/mol. The maximum atomic E-state index is 12.2. The molecule has 1 unspecified atom stereocenters. The van der Waals surface area contributed by atoms with Crippen molar-refractivity contribution in [3.8, 4) is 0 Å². The van der Waals surface area contributed by atoms with Crippen LogP contribution in [0.15, 0.2) is 0 Å². The quantitative estimate of drug-likeness (QED) is 0.823. The number of hydrogen-bond acceptors (Lipinski definition) is 3. The van der Waals surface area contributed by atoms with Gasteiger partial charge in [-0.25, -0.2) is 4.21 Å². The minimum absolute atomic E-state index is 0.0447. The number of hydrogen-bond donors (Lipinski definition) is 2. The van der Waals surface area contributed by atoms with Gasteiger partial charge >= 0.3 is 5.97 Å². The Labute approximate surface area is 108 Å². The number of rotatable bonds is 4. The van der Waals surface area contributed by atoms with E-state index in [0.29, 0.717) is 5.75 Å². The fraction of sp³-hybridized carbons (Fsp3) is 0.923. The molecule has 102 valence electrons. The van der Waals surface area contributed by atoms with Crippen molar-refractivity contribution in [1.29, 1.82) is 4.78 Å². The van der Waals surface area contributed by atoms with Gasteiger partial charge in [0.05, 0.1) is 9.73 Å². The van der Waals surface area contributed by atoms with E-state index < -0.39 is 21.5 Å². The van der Waals surface area contributed by atoms with Crippen molar-refractivity contribution in [3.05, 3.63) is 0 Å². The van der Waals surface area contributed by atoms with Crippen LogP contribution >= 0.6 is 0 Å². The second-order valence-corrected chi connectivity index (χ2v) is 9.11. The molecule has 4 aliphatic rings. The molecule has 0 radical (unpaired) electrons. The lowest BCUT2D eigenvalue weighted by Crippen LogP contribution is -2.49. The largest absolute Gasteiger partial charge is 0.481 e. The van der Waals surface area contributed by atoms with Crippen LogP contribution in [0.3, 0.4) is 0 Å². The van der Waals surface area contributed by atoms with Crippen LogP contribution in [0.2, 0.25) is 0 Å². The first-order chi connectivity index (χ1) is 8.36. The SMILES string of the molecule is N=S(=O)(CC(=O)O)CC12CC3CC(CC(C3)C1)C2. The molecule has 4 fully saturated rings. The Bertz CT molecular complexity index is 433. The number of carboxylic acid groups (broad SMARTS) is 1. The minimum Gasteiger partial charge on any atom is -0.481 e. The van der Waals surface area contributed by atoms with Gasteiger partial charge in [-0.05, 0) is 61.7 Å². The third-order valence-electron chi connectivity index (χ3n) is 5.06. The second-order valence-electron chi connectivity index (χ2n) is 6.91. The molecule has 0 aromatic rings. The van der Waals surface area contributed by atoms with Crippen LogP contribution in [0.25, 0.3) is 0 Å². The van der Waals surface area contributed by atoms with Crippen LogP contribution in [0.1, 0.15) is 38.5 Å². The smallest absolute Gasteiger partial charge is 0.317 e. The van der Waals surface area contributed by atoms with Crippen molar-refractivity contribution in [2.75, 3.05) is 11.5 Å². The Hall–Kier alpha value is -0.580. The summed E-state index contributed by atoms with van der Waals surface area (Å²) in [4.78, 5) is 10.7. The summed E-state index contributed by atoms with van der Waals surface area (Å²) in [5.74, 6) is 1.04. The van der Waals surface area contributed by atoms with Crippen LogP contribution in [0.5, 0.6) is 0 Å². The van der Waals surface area contributed by atoms with Gasteiger partial charge in [-0.15, -0.1) is 0 Å². The van der Waals surface area contributed by atoms with Gasteiger partial charge in [0.25, 0.3) is 0 Å². The highest BCUT2D eigenvalue weighted by Gasteiger charge is 2.51. The molecule has 4 saturated carbocycles. The summed E-state index contributed by atoms with van der Waals surface area (Å²) in [6.45, 7) is 0. The Morgan fingerprint density at radius 1 is 1.17 bits per heavy atom. The zero-order valence-corrected chi connectivity index (χ0v) is 11.4. The summed E-state index contributed by atoms with van der Waals surface area (Å²) in [5, 5.41) is 8.76. The highest BCUT2D eigenvalue weighted by molar-refractivity contribution is 7.93. The summed E-state index contributed by atoms with van der Waals surface area (Å²) in [5.41, 5.74) is 0.0447. The van der Waals surface area contributed by atoms with Gasteiger partial charge < -0.3 is 5.11 Å². The monoisotopic (exact) mass is 271 g/mol. The van der Waals surface area contributed by atoms with Gasteiger partial charge in [-0.2, -0.15) is 0 Å². The molecule has 0 heterocycles. The number of aliphatic carboxylic acids is 1. The van der Waals surface area contributed by atoms with Crippen molar-refractivity contribution < 1.29 is 14.1 Å². The Morgan fingerprint density at radius 3 is 2.00 bits per heavy atom. The third kappa shape index (κ3) is 2.29. The topological polar surface area (TPSA) is 78.2 Å². The van der Waals surface area contributed by atoms with Crippen LogP contribution in [-0.2, 0) is 14.5 Å². The molecule has 4 nitrogen and oxygen atoms in total. The zero-order chi connectivity index (χ0) is 13.0. The van der Waals surface area contributed by atoms with Crippen molar-refractivity contribution in [1.82, 2.24) is 0 Å². The van der Waals surface area contributed by atoms with E-state index in [-0.39, 0.29) is 5.41 Å². The lowest BCUT2D eigenvalue weighted by Gasteiger charge is -2.57. The van der Waals surface area contributed by atoms with Crippen molar-refractivity contribution in [2.45, 2.75) is 38.5 Å². The number of nitrogens with one attached hydrogen (secondary N) is 1. The summed E-state index contributed by atoms with van der Waals surface area (Å²) in [6.07, 6.45) is 7.23. The van der Waals surface area contributed by atoms with Crippen molar-refractivity contribution in [3.63, 3.8) is 0 Å². The van der Waals surface area contributed by atoms with E-state index in [1.165, 1.54) is 19.3 Å². The maximum Gasteiger partial charge on any atom is 0.317 e. The van der Waals surface area contributed by atoms with Crippen molar-refractivity contribution >= 4 is 15.7 Å². The molecule has 0 saturated heterocycles. The highest BCUT2D eigenvalue weighted by Crippen LogP contribution is 2.60. The molecule has 18 heavy (non-hydrogen) atoms. The van der Waals surface area contributed by atoms with Crippen LogP contribution in [0.4, 0.5) is 0 Å². The molecular weight excluding hydrogens is 250 g/mol. The number of carbonyl (C=O) groups is 1. The van der Waals surface area contributed by atoms with Crippen LogP contribution in [0, 0.1) is 27.9 Å². The highest BCUT2D eigenvalue weighted by atomic mass is 32.2. The summed E-state index contributed by atoms with van der Waals surface area (Å²) >= 11 is 0. The van der Waals surface area contributed by atoms with Crippen molar-refractivity contribution in [2.24, 2.45) is 23.2 Å². The maximum absolute atomic E-state index is 12.2. The van der Waals surface area contributed by atoms with E-state index in [1.807, 2.05) is 0 Å². The average Bonchev–Trinajstić information content (AvgIpc) is 2.09. The Kier molecular flexibility index (Phi) is 2.74. The molecule has 4 rings (SSSR count). The first-order valence-electron chi connectivity index (χ1n) is 6.82. The van der Waals surface area contributed by atoms with Gasteiger partial charge in [0.2, 0.25) is 0 Å². The molecule has 0 spiro atoms. The predicted octanol–water partition coefficient (Wildman–Crippen LogP) is 2.33. The fourth-order valence-corrected chi connectivity index (χ4v) is 7.06. The van der Waals surface area contributed by atoms with Crippen LogP contribution < -0.4 is 0 Å². The normalized spacial score (nSPS) is 44.8. The van der Waals surface area contributed by atoms with E-state index in [0.717, 1.165) is 37.0 Å². The van der Waals surface area contributed by atoms with Gasteiger partial charge in [0, 0.05) is 5.75 Å². The van der Waals surface area contributed by atoms with Gasteiger partial charge in [-0.1, -0.05) is 0 Å². The number of carboxylic acids is 1.